The molecule has 1 saturated heterocycles. The minimum absolute atomic E-state index is 0.239. The lowest BCUT2D eigenvalue weighted by Gasteiger charge is -2.40. The summed E-state index contributed by atoms with van der Waals surface area (Å²) in [6, 6.07) is 0.838. The molecule has 0 bridgehead atoms. The minimum Gasteiger partial charge on any atom is -0.329 e. The predicted molar refractivity (Wildman–Crippen MR) is 67.2 cm³/mol. The third-order valence-electron chi connectivity index (χ3n) is 3.57. The summed E-state index contributed by atoms with van der Waals surface area (Å²) in [5.41, 5.74) is 5.74. The van der Waals surface area contributed by atoms with Crippen molar-refractivity contribution in [1.82, 2.24) is 4.90 Å². The first-order valence-electron chi connectivity index (χ1n) is 6.16. The maximum absolute atomic E-state index is 11.5. The molecule has 96 valence electrons. The second-order valence-corrected chi connectivity index (χ2v) is 7.12. The fraction of sp³-hybridized carbons (Fsp3) is 1.00. The second kappa shape index (κ2) is 5.98. The van der Waals surface area contributed by atoms with E-state index in [1.807, 2.05) is 0 Å². The van der Waals surface area contributed by atoms with Crippen LogP contribution in [0.25, 0.3) is 0 Å². The van der Waals surface area contributed by atoms with E-state index in [-0.39, 0.29) is 11.5 Å². The van der Waals surface area contributed by atoms with Gasteiger partial charge in [-0.2, -0.15) is 0 Å². The Bertz CT molecular complexity index is 303. The molecular weight excluding hydrogens is 224 g/mol. The van der Waals surface area contributed by atoms with Gasteiger partial charge in [-0.05, 0) is 19.8 Å². The van der Waals surface area contributed by atoms with Crippen molar-refractivity contribution >= 4 is 9.84 Å². The molecule has 0 aromatic carbocycles. The molecule has 1 aliphatic heterocycles. The van der Waals surface area contributed by atoms with E-state index in [0.29, 0.717) is 25.2 Å². The summed E-state index contributed by atoms with van der Waals surface area (Å²) in [6.45, 7) is 5.14. The molecule has 0 aromatic heterocycles. The van der Waals surface area contributed by atoms with Gasteiger partial charge in [0.2, 0.25) is 0 Å². The maximum Gasteiger partial charge on any atom is 0.151 e. The van der Waals surface area contributed by atoms with E-state index in [9.17, 15) is 8.42 Å². The summed E-state index contributed by atoms with van der Waals surface area (Å²) in [6.07, 6.45) is 3.47. The average Bonchev–Trinajstić information content (AvgIpc) is 2.27. The number of likely N-dealkylation sites (tertiary alicyclic amines) is 1. The highest BCUT2D eigenvalue weighted by atomic mass is 32.2. The quantitative estimate of drug-likeness (QED) is 0.775. The Balaban J connectivity index is 2.55. The van der Waals surface area contributed by atoms with Gasteiger partial charge in [0.1, 0.15) is 0 Å². The summed E-state index contributed by atoms with van der Waals surface area (Å²) < 4.78 is 23.0. The van der Waals surface area contributed by atoms with E-state index < -0.39 is 9.84 Å². The fourth-order valence-electron chi connectivity index (χ4n) is 2.39. The number of sulfone groups is 1. The van der Waals surface area contributed by atoms with E-state index in [2.05, 4.69) is 11.8 Å². The molecule has 2 N–H and O–H groups in total. The van der Waals surface area contributed by atoms with Crippen LogP contribution < -0.4 is 5.73 Å². The molecule has 2 unspecified atom stereocenters. The highest BCUT2D eigenvalue weighted by Crippen LogP contribution is 2.21. The zero-order valence-electron chi connectivity index (χ0n) is 10.4. The minimum atomic E-state index is -2.86. The second-order valence-electron chi connectivity index (χ2n) is 4.64. The van der Waals surface area contributed by atoms with Crippen LogP contribution in [-0.2, 0) is 9.84 Å². The first kappa shape index (κ1) is 13.9. The Labute approximate surface area is 99.1 Å². The third-order valence-corrected chi connectivity index (χ3v) is 5.25. The monoisotopic (exact) mass is 248 g/mol. The summed E-state index contributed by atoms with van der Waals surface area (Å²) in [4.78, 5) is 2.27. The Morgan fingerprint density at radius 1 is 1.38 bits per heavy atom. The topological polar surface area (TPSA) is 63.4 Å². The largest absolute Gasteiger partial charge is 0.329 e. The first-order chi connectivity index (χ1) is 7.50. The summed E-state index contributed by atoms with van der Waals surface area (Å²) in [5.74, 6) is 0.507. The Morgan fingerprint density at radius 2 is 2.06 bits per heavy atom. The fourth-order valence-corrected chi connectivity index (χ4v) is 3.16. The van der Waals surface area contributed by atoms with Crippen molar-refractivity contribution in [3.05, 3.63) is 0 Å². The molecule has 0 aromatic rings. The van der Waals surface area contributed by atoms with Gasteiger partial charge in [0.05, 0.1) is 5.75 Å². The lowest BCUT2D eigenvalue weighted by atomic mass is 9.97. The van der Waals surface area contributed by atoms with Crippen molar-refractivity contribution in [2.24, 2.45) is 5.73 Å². The average molecular weight is 248 g/mol. The predicted octanol–water partition coefficient (Wildman–Crippen LogP) is 0.623. The molecule has 0 spiro atoms. The molecule has 0 radical (unpaired) electrons. The van der Waals surface area contributed by atoms with Gasteiger partial charge in [0.25, 0.3) is 0 Å². The van der Waals surface area contributed by atoms with Gasteiger partial charge in [-0.25, -0.2) is 8.42 Å². The molecule has 5 heteroatoms. The van der Waals surface area contributed by atoms with Crippen molar-refractivity contribution in [2.45, 2.75) is 45.2 Å². The van der Waals surface area contributed by atoms with Gasteiger partial charge in [0.15, 0.2) is 9.84 Å². The zero-order valence-corrected chi connectivity index (χ0v) is 11.2. The van der Waals surface area contributed by atoms with Crippen molar-refractivity contribution in [1.29, 1.82) is 0 Å². The molecule has 1 fully saturated rings. The number of nitrogens with two attached hydrogens (primary N) is 1. The summed E-state index contributed by atoms with van der Waals surface area (Å²) in [5, 5.41) is 0. The number of hydrogen-bond acceptors (Lipinski definition) is 4. The van der Waals surface area contributed by atoms with E-state index in [4.69, 9.17) is 5.73 Å². The van der Waals surface area contributed by atoms with Gasteiger partial charge in [-0.15, -0.1) is 0 Å². The van der Waals surface area contributed by atoms with E-state index in [0.717, 1.165) is 12.8 Å². The molecule has 0 aliphatic carbocycles. The van der Waals surface area contributed by atoms with Gasteiger partial charge >= 0.3 is 0 Å². The third kappa shape index (κ3) is 3.71. The van der Waals surface area contributed by atoms with Crippen LogP contribution in [0.15, 0.2) is 0 Å². The molecule has 4 nitrogen and oxygen atoms in total. The number of hydrogen-bond donors (Lipinski definition) is 1. The van der Waals surface area contributed by atoms with Gasteiger partial charge in [-0.1, -0.05) is 13.3 Å². The van der Waals surface area contributed by atoms with Crippen LogP contribution in [0.5, 0.6) is 0 Å². The highest BCUT2D eigenvalue weighted by Gasteiger charge is 2.27. The van der Waals surface area contributed by atoms with Crippen LogP contribution in [0.2, 0.25) is 0 Å². The summed E-state index contributed by atoms with van der Waals surface area (Å²) in [7, 11) is -2.86. The van der Waals surface area contributed by atoms with Crippen LogP contribution in [0.4, 0.5) is 0 Å². The van der Waals surface area contributed by atoms with Crippen molar-refractivity contribution in [3.8, 4) is 0 Å². The lowest BCUT2D eigenvalue weighted by molar-refractivity contribution is 0.105. The standard InChI is InChI=1S/C11H24N2O2S/c1-3-16(14,15)8-7-13-10(2)5-4-6-11(13)9-12/h10-11H,3-9,12H2,1-2H3. The van der Waals surface area contributed by atoms with Crippen LogP contribution in [0, 0.1) is 0 Å². The highest BCUT2D eigenvalue weighted by molar-refractivity contribution is 7.91. The lowest BCUT2D eigenvalue weighted by Crippen LogP contribution is -2.50. The van der Waals surface area contributed by atoms with Crippen molar-refractivity contribution < 1.29 is 8.42 Å². The van der Waals surface area contributed by atoms with Crippen molar-refractivity contribution in [3.63, 3.8) is 0 Å². The number of rotatable bonds is 5. The molecule has 0 amide bonds. The number of nitrogens with zero attached hydrogens (tertiary/aromatic N) is 1. The first-order valence-corrected chi connectivity index (χ1v) is 7.98. The van der Waals surface area contributed by atoms with Gasteiger partial charge in [0, 0.05) is 30.9 Å². The number of piperidine rings is 1. The Kier molecular flexibility index (Phi) is 5.21. The molecule has 2 atom stereocenters. The van der Waals surface area contributed by atoms with E-state index in [1.165, 1.54) is 6.42 Å². The maximum atomic E-state index is 11.5. The van der Waals surface area contributed by atoms with Crippen molar-refractivity contribution in [2.75, 3.05) is 24.6 Å². The molecular formula is C11H24N2O2S. The van der Waals surface area contributed by atoms with Crippen LogP contribution >= 0.6 is 0 Å². The van der Waals surface area contributed by atoms with Crippen LogP contribution in [0.1, 0.15) is 33.1 Å². The smallest absolute Gasteiger partial charge is 0.151 e. The molecule has 16 heavy (non-hydrogen) atoms. The zero-order chi connectivity index (χ0) is 12.2. The summed E-state index contributed by atoms with van der Waals surface area (Å²) >= 11 is 0. The molecule has 0 saturated carbocycles. The van der Waals surface area contributed by atoms with Crippen LogP contribution in [0.3, 0.4) is 0 Å². The Hall–Kier alpha value is -0.130. The van der Waals surface area contributed by atoms with E-state index >= 15 is 0 Å². The van der Waals surface area contributed by atoms with Crippen LogP contribution in [-0.4, -0.2) is 50.0 Å². The van der Waals surface area contributed by atoms with Gasteiger partial charge in [-0.3, -0.25) is 4.90 Å². The van der Waals surface area contributed by atoms with E-state index in [1.54, 1.807) is 6.92 Å². The SMILES string of the molecule is CCS(=O)(=O)CCN1C(C)CCCC1CN. The molecule has 1 rings (SSSR count). The Morgan fingerprint density at radius 3 is 2.62 bits per heavy atom. The molecule has 1 aliphatic rings. The molecule has 1 heterocycles. The normalized spacial score (nSPS) is 28.2. The van der Waals surface area contributed by atoms with Gasteiger partial charge < -0.3 is 5.73 Å².